The van der Waals surface area contributed by atoms with Crippen molar-refractivity contribution in [3.05, 3.63) is 29.3 Å². The van der Waals surface area contributed by atoms with Crippen molar-refractivity contribution in [3.63, 3.8) is 0 Å². The van der Waals surface area contributed by atoms with Crippen molar-refractivity contribution >= 4 is 11.9 Å². The van der Waals surface area contributed by atoms with Crippen LogP contribution in [0.3, 0.4) is 0 Å². The smallest absolute Gasteiger partial charge is 0.305 e. The van der Waals surface area contributed by atoms with Gasteiger partial charge in [-0.05, 0) is 38.0 Å². The zero-order chi connectivity index (χ0) is 16.8. The Morgan fingerprint density at radius 3 is 2.59 bits per heavy atom. The number of nitrogens with one attached hydrogen (secondary N) is 1. The minimum absolute atomic E-state index is 0.106. The van der Waals surface area contributed by atoms with Crippen LogP contribution < -0.4 is 10.1 Å². The minimum Gasteiger partial charge on any atom is -0.483 e. The van der Waals surface area contributed by atoms with Crippen molar-refractivity contribution in [1.29, 1.82) is 0 Å². The SMILES string of the molecule is COCC(C)(CC(=O)O)NC(=O)COc1cc(C)ccc1C. The van der Waals surface area contributed by atoms with E-state index < -0.39 is 11.5 Å². The fourth-order valence-corrected chi connectivity index (χ4v) is 2.16. The zero-order valence-corrected chi connectivity index (χ0v) is 13.4. The van der Waals surface area contributed by atoms with Gasteiger partial charge < -0.3 is 19.9 Å². The van der Waals surface area contributed by atoms with Crippen LogP contribution in [0.4, 0.5) is 0 Å². The molecule has 0 saturated heterocycles. The molecule has 0 saturated carbocycles. The van der Waals surface area contributed by atoms with Crippen LogP contribution in [0.1, 0.15) is 24.5 Å². The largest absolute Gasteiger partial charge is 0.483 e. The number of benzene rings is 1. The lowest BCUT2D eigenvalue weighted by atomic mass is 9.99. The van der Waals surface area contributed by atoms with E-state index in [9.17, 15) is 9.59 Å². The van der Waals surface area contributed by atoms with Crippen molar-refractivity contribution in [3.8, 4) is 5.75 Å². The van der Waals surface area contributed by atoms with Crippen LogP contribution in [0, 0.1) is 13.8 Å². The number of carbonyl (C=O) groups excluding carboxylic acids is 1. The lowest BCUT2D eigenvalue weighted by Crippen LogP contribution is -2.52. The van der Waals surface area contributed by atoms with E-state index >= 15 is 0 Å². The first-order valence-corrected chi connectivity index (χ1v) is 6.97. The Hall–Kier alpha value is -2.08. The molecule has 1 aromatic rings. The maximum Gasteiger partial charge on any atom is 0.305 e. The van der Waals surface area contributed by atoms with Gasteiger partial charge in [0.1, 0.15) is 5.75 Å². The normalized spacial score (nSPS) is 13.3. The second kappa shape index (κ2) is 7.79. The molecule has 2 N–H and O–H groups in total. The topological polar surface area (TPSA) is 84.9 Å². The van der Waals surface area contributed by atoms with Gasteiger partial charge in [0.2, 0.25) is 0 Å². The average molecular weight is 309 g/mol. The average Bonchev–Trinajstić information content (AvgIpc) is 2.38. The molecule has 0 radical (unpaired) electrons. The van der Waals surface area contributed by atoms with Gasteiger partial charge in [-0.1, -0.05) is 12.1 Å². The quantitative estimate of drug-likeness (QED) is 0.763. The summed E-state index contributed by atoms with van der Waals surface area (Å²) in [5.41, 5.74) is 1.00. The van der Waals surface area contributed by atoms with Gasteiger partial charge in [-0.25, -0.2) is 0 Å². The predicted octanol–water partition coefficient (Wildman–Crippen LogP) is 1.68. The maximum atomic E-state index is 12.0. The molecule has 22 heavy (non-hydrogen) atoms. The predicted molar refractivity (Wildman–Crippen MR) is 82.1 cm³/mol. The molecule has 6 nitrogen and oxygen atoms in total. The number of carbonyl (C=O) groups is 2. The standard InChI is InChI=1S/C16H23NO5/c1-11-5-6-12(2)13(7-11)22-9-14(18)17-16(3,10-21-4)8-15(19)20/h5-7H,8-10H2,1-4H3,(H,17,18)(H,19,20). The van der Waals surface area contributed by atoms with E-state index in [1.54, 1.807) is 6.92 Å². The van der Waals surface area contributed by atoms with Crippen molar-refractivity contribution in [2.24, 2.45) is 0 Å². The molecule has 1 amide bonds. The highest BCUT2D eigenvalue weighted by Gasteiger charge is 2.29. The molecule has 1 atom stereocenters. The summed E-state index contributed by atoms with van der Waals surface area (Å²) in [7, 11) is 1.46. The second-order valence-corrected chi connectivity index (χ2v) is 5.67. The van der Waals surface area contributed by atoms with Crippen molar-refractivity contribution in [2.75, 3.05) is 20.3 Å². The summed E-state index contributed by atoms with van der Waals surface area (Å²) in [6.45, 7) is 5.39. The molecule has 0 aliphatic carbocycles. The third-order valence-electron chi connectivity index (χ3n) is 3.15. The highest BCUT2D eigenvalue weighted by atomic mass is 16.5. The van der Waals surface area contributed by atoms with Gasteiger partial charge in [0, 0.05) is 7.11 Å². The van der Waals surface area contributed by atoms with E-state index in [1.165, 1.54) is 7.11 Å². The van der Waals surface area contributed by atoms with Gasteiger partial charge in [-0.2, -0.15) is 0 Å². The Bertz CT molecular complexity index is 543. The molecule has 1 unspecified atom stereocenters. The van der Waals surface area contributed by atoms with E-state index in [0.29, 0.717) is 5.75 Å². The molecule has 6 heteroatoms. The van der Waals surface area contributed by atoms with Crippen LogP contribution in [-0.4, -0.2) is 42.8 Å². The molecule has 0 bridgehead atoms. The number of aryl methyl sites for hydroxylation is 2. The summed E-state index contributed by atoms with van der Waals surface area (Å²) >= 11 is 0. The zero-order valence-electron chi connectivity index (χ0n) is 13.4. The molecule has 1 rings (SSSR count). The molecule has 0 aromatic heterocycles. The van der Waals surface area contributed by atoms with Crippen molar-refractivity contribution < 1.29 is 24.2 Å². The number of hydrogen-bond acceptors (Lipinski definition) is 4. The number of aliphatic carboxylic acids is 1. The van der Waals surface area contributed by atoms with E-state index in [2.05, 4.69) is 5.32 Å². The van der Waals surface area contributed by atoms with Crippen LogP contribution >= 0.6 is 0 Å². The summed E-state index contributed by atoms with van der Waals surface area (Å²) in [5, 5.41) is 11.6. The number of methoxy groups -OCH3 is 1. The molecule has 0 spiro atoms. The number of carboxylic acid groups (broad SMARTS) is 1. The summed E-state index contributed by atoms with van der Waals surface area (Å²) in [6, 6.07) is 5.74. The van der Waals surface area contributed by atoms with Crippen LogP contribution in [-0.2, 0) is 14.3 Å². The van der Waals surface area contributed by atoms with Gasteiger partial charge in [0.05, 0.1) is 18.6 Å². The first kappa shape index (κ1) is 18.0. The van der Waals surface area contributed by atoms with E-state index in [4.69, 9.17) is 14.6 Å². The van der Waals surface area contributed by atoms with Crippen molar-refractivity contribution in [2.45, 2.75) is 32.7 Å². The summed E-state index contributed by atoms with van der Waals surface area (Å²) in [6.07, 6.45) is -0.226. The van der Waals surface area contributed by atoms with Crippen molar-refractivity contribution in [1.82, 2.24) is 5.32 Å². The molecule has 0 aliphatic rings. The third-order valence-corrected chi connectivity index (χ3v) is 3.15. The summed E-state index contributed by atoms with van der Waals surface area (Å²) < 4.78 is 10.5. The van der Waals surface area contributed by atoms with Gasteiger partial charge >= 0.3 is 5.97 Å². The van der Waals surface area contributed by atoms with E-state index in [1.807, 2.05) is 32.0 Å². The first-order chi connectivity index (χ1) is 10.3. The Balaban J connectivity index is 2.64. The van der Waals surface area contributed by atoms with Gasteiger partial charge in [0.25, 0.3) is 5.91 Å². The highest BCUT2D eigenvalue weighted by molar-refractivity contribution is 5.79. The number of hydrogen-bond donors (Lipinski definition) is 2. The number of rotatable bonds is 8. The Morgan fingerprint density at radius 2 is 2.00 bits per heavy atom. The van der Waals surface area contributed by atoms with Crippen LogP contribution in [0.2, 0.25) is 0 Å². The first-order valence-electron chi connectivity index (χ1n) is 6.97. The van der Waals surface area contributed by atoms with Crippen LogP contribution in [0.5, 0.6) is 5.75 Å². The lowest BCUT2D eigenvalue weighted by molar-refractivity contribution is -0.139. The fraction of sp³-hybridized carbons (Fsp3) is 0.500. The molecular weight excluding hydrogens is 286 g/mol. The highest BCUT2D eigenvalue weighted by Crippen LogP contribution is 2.19. The minimum atomic E-state index is -1.00. The van der Waals surface area contributed by atoms with Gasteiger partial charge in [-0.3, -0.25) is 9.59 Å². The Labute approximate surface area is 130 Å². The number of ether oxygens (including phenoxy) is 2. The molecule has 122 valence electrons. The molecule has 0 fully saturated rings. The van der Waals surface area contributed by atoms with Gasteiger partial charge in [-0.15, -0.1) is 0 Å². The Kier molecular flexibility index (Phi) is 6.37. The Morgan fingerprint density at radius 1 is 1.32 bits per heavy atom. The van der Waals surface area contributed by atoms with E-state index in [0.717, 1.165) is 11.1 Å². The molecule has 0 heterocycles. The number of carboxylic acids is 1. The fourth-order valence-electron chi connectivity index (χ4n) is 2.16. The van der Waals surface area contributed by atoms with Crippen LogP contribution in [0.15, 0.2) is 18.2 Å². The van der Waals surface area contributed by atoms with Crippen LogP contribution in [0.25, 0.3) is 0 Å². The second-order valence-electron chi connectivity index (χ2n) is 5.67. The van der Waals surface area contributed by atoms with E-state index in [-0.39, 0.29) is 25.5 Å². The maximum absolute atomic E-state index is 12.0. The number of amides is 1. The summed E-state index contributed by atoms with van der Waals surface area (Å²) in [4.78, 5) is 22.9. The third kappa shape index (κ3) is 5.73. The monoisotopic (exact) mass is 309 g/mol. The molecular formula is C16H23NO5. The lowest BCUT2D eigenvalue weighted by Gasteiger charge is -2.28. The molecule has 1 aromatic carbocycles. The van der Waals surface area contributed by atoms with Gasteiger partial charge in [0.15, 0.2) is 6.61 Å². The summed E-state index contributed by atoms with van der Waals surface area (Å²) in [5.74, 6) is -0.751. The molecule has 0 aliphatic heterocycles.